The molecule has 11 heteroatoms. The van der Waals surface area contributed by atoms with E-state index < -0.39 is 28.4 Å². The van der Waals surface area contributed by atoms with Crippen LogP contribution in [0.3, 0.4) is 0 Å². The molecular formula is C19H13F2N5O3S. The van der Waals surface area contributed by atoms with Gasteiger partial charge in [0.2, 0.25) is 10.9 Å². The Morgan fingerprint density at radius 1 is 1.03 bits per heavy atom. The van der Waals surface area contributed by atoms with Crippen molar-refractivity contribution >= 4 is 39.6 Å². The molecule has 0 aliphatic heterocycles. The normalized spacial score (nSPS) is 11.0. The Morgan fingerprint density at radius 3 is 2.50 bits per heavy atom. The highest BCUT2D eigenvalue weighted by Gasteiger charge is 2.19. The SMILES string of the molecule is O=C(Nc1ccccc1)c1cnn2ccc(N(c3ccc(F)c(F)c3)[SH](=O)=O)nc12. The molecule has 2 aromatic carbocycles. The molecule has 4 aromatic rings. The van der Waals surface area contributed by atoms with Gasteiger partial charge in [-0.1, -0.05) is 18.2 Å². The van der Waals surface area contributed by atoms with Gasteiger partial charge in [0, 0.05) is 24.0 Å². The molecule has 4 rings (SSSR count). The van der Waals surface area contributed by atoms with Gasteiger partial charge in [-0.15, -0.1) is 0 Å². The van der Waals surface area contributed by atoms with Crippen LogP contribution in [0, 0.1) is 11.6 Å². The van der Waals surface area contributed by atoms with Gasteiger partial charge in [0.25, 0.3) is 5.91 Å². The second-order valence-corrected chi connectivity index (χ2v) is 6.96. The van der Waals surface area contributed by atoms with Crippen LogP contribution < -0.4 is 9.62 Å². The Bertz CT molecular complexity index is 1320. The highest BCUT2D eigenvalue weighted by molar-refractivity contribution is 7.74. The number of hydrogen-bond acceptors (Lipinski definition) is 5. The first kappa shape index (κ1) is 19.5. The zero-order valence-corrected chi connectivity index (χ0v) is 16.0. The summed E-state index contributed by atoms with van der Waals surface area (Å²) in [5, 5.41) is 6.74. The van der Waals surface area contributed by atoms with E-state index in [0.717, 1.165) is 18.2 Å². The summed E-state index contributed by atoms with van der Waals surface area (Å²) >= 11 is 0. The van der Waals surface area contributed by atoms with E-state index in [4.69, 9.17) is 0 Å². The molecule has 2 heterocycles. The van der Waals surface area contributed by atoms with Crippen molar-refractivity contribution in [1.29, 1.82) is 0 Å². The van der Waals surface area contributed by atoms with Crippen LogP contribution in [0.2, 0.25) is 0 Å². The summed E-state index contributed by atoms with van der Waals surface area (Å²) in [6.45, 7) is 0. The molecule has 0 spiro atoms. The Morgan fingerprint density at radius 2 is 1.80 bits per heavy atom. The molecule has 1 amide bonds. The first-order valence-corrected chi connectivity index (χ1v) is 9.67. The summed E-state index contributed by atoms with van der Waals surface area (Å²) in [4.78, 5) is 16.8. The Labute approximate surface area is 170 Å². The summed E-state index contributed by atoms with van der Waals surface area (Å²) < 4.78 is 52.5. The summed E-state index contributed by atoms with van der Waals surface area (Å²) in [7, 11) is -3.29. The van der Waals surface area contributed by atoms with Crippen molar-refractivity contribution < 1.29 is 22.0 Å². The van der Waals surface area contributed by atoms with E-state index in [2.05, 4.69) is 15.4 Å². The smallest absolute Gasteiger partial charge is 0.261 e. The van der Waals surface area contributed by atoms with Crippen LogP contribution in [0.25, 0.3) is 5.65 Å². The number of halogens is 2. The van der Waals surface area contributed by atoms with Crippen molar-refractivity contribution in [3.8, 4) is 0 Å². The van der Waals surface area contributed by atoms with Gasteiger partial charge in [0.1, 0.15) is 5.56 Å². The maximum Gasteiger partial charge on any atom is 0.261 e. The summed E-state index contributed by atoms with van der Waals surface area (Å²) in [5.41, 5.74) is 0.609. The third-order valence-electron chi connectivity index (χ3n) is 4.16. The lowest BCUT2D eigenvalue weighted by molar-refractivity contribution is 0.102. The number of para-hydroxylation sites is 1. The van der Waals surface area contributed by atoms with Crippen molar-refractivity contribution in [2.45, 2.75) is 0 Å². The number of carbonyl (C=O) groups is 1. The number of amides is 1. The number of thiol groups is 1. The van der Waals surface area contributed by atoms with Gasteiger partial charge >= 0.3 is 0 Å². The molecule has 0 saturated carbocycles. The van der Waals surface area contributed by atoms with Crippen molar-refractivity contribution in [3.63, 3.8) is 0 Å². The van der Waals surface area contributed by atoms with Crippen molar-refractivity contribution in [2.75, 3.05) is 9.62 Å². The number of nitrogens with zero attached hydrogens (tertiary/aromatic N) is 4. The fourth-order valence-corrected chi connectivity index (χ4v) is 3.38. The topological polar surface area (TPSA) is 96.7 Å². The molecule has 0 atom stereocenters. The Kier molecular flexibility index (Phi) is 5.11. The molecule has 0 radical (unpaired) electrons. The molecular weight excluding hydrogens is 416 g/mol. The lowest BCUT2D eigenvalue weighted by Crippen LogP contribution is -2.17. The van der Waals surface area contributed by atoms with Crippen LogP contribution in [0.4, 0.5) is 26.0 Å². The molecule has 0 unspecified atom stereocenters. The van der Waals surface area contributed by atoms with E-state index in [1.807, 2.05) is 0 Å². The van der Waals surface area contributed by atoms with E-state index in [1.54, 1.807) is 30.3 Å². The van der Waals surface area contributed by atoms with Crippen molar-refractivity contribution in [1.82, 2.24) is 14.6 Å². The van der Waals surface area contributed by atoms with E-state index in [1.165, 1.54) is 23.0 Å². The average Bonchev–Trinajstić information content (AvgIpc) is 3.15. The molecule has 8 nitrogen and oxygen atoms in total. The van der Waals surface area contributed by atoms with Gasteiger partial charge in [-0.05, 0) is 24.3 Å². The van der Waals surface area contributed by atoms with Crippen LogP contribution in [0.1, 0.15) is 10.4 Å². The predicted molar refractivity (Wildman–Crippen MR) is 106 cm³/mol. The largest absolute Gasteiger partial charge is 0.322 e. The number of benzene rings is 2. The zero-order valence-electron chi connectivity index (χ0n) is 15.1. The van der Waals surface area contributed by atoms with E-state index in [-0.39, 0.29) is 22.7 Å². The van der Waals surface area contributed by atoms with Crippen LogP contribution in [0.15, 0.2) is 67.0 Å². The number of fused-ring (bicyclic) bond motifs is 1. The first-order valence-electron chi connectivity index (χ1n) is 8.54. The molecule has 0 aliphatic rings. The quantitative estimate of drug-likeness (QED) is 0.476. The lowest BCUT2D eigenvalue weighted by Gasteiger charge is -2.17. The minimum atomic E-state index is -3.29. The Balaban J connectivity index is 1.75. The number of nitrogens with one attached hydrogen (secondary N) is 1. The third kappa shape index (κ3) is 3.70. The van der Waals surface area contributed by atoms with Gasteiger partial charge in [-0.25, -0.2) is 31.0 Å². The standard InChI is InChI=1S/C19H13F2N5O3S/c20-15-7-6-13(10-16(15)21)26(30(28)29)17-8-9-25-18(24-17)14(11-22-25)19(27)23-12-4-2-1-3-5-12/h1-11,30H,(H,23,27). The predicted octanol–water partition coefficient (Wildman–Crippen LogP) is 2.92. The van der Waals surface area contributed by atoms with Crippen molar-refractivity contribution in [3.05, 3.63) is 84.2 Å². The Hall–Kier alpha value is -3.86. The maximum atomic E-state index is 13.6. The lowest BCUT2D eigenvalue weighted by atomic mass is 10.2. The molecule has 2 aromatic heterocycles. The number of anilines is 3. The fourth-order valence-electron chi connectivity index (χ4n) is 2.78. The molecule has 152 valence electrons. The second-order valence-electron chi connectivity index (χ2n) is 6.08. The number of rotatable bonds is 5. The summed E-state index contributed by atoms with van der Waals surface area (Å²) in [6, 6.07) is 12.7. The van der Waals surface area contributed by atoms with Gasteiger partial charge in [-0.3, -0.25) is 4.79 Å². The van der Waals surface area contributed by atoms with Crippen molar-refractivity contribution in [2.24, 2.45) is 0 Å². The van der Waals surface area contributed by atoms with Crippen LogP contribution in [-0.4, -0.2) is 28.9 Å². The molecule has 0 saturated heterocycles. The number of aromatic nitrogens is 3. The number of hydrogen-bond donors (Lipinski definition) is 2. The molecule has 0 fully saturated rings. The first-order chi connectivity index (χ1) is 14.4. The van der Waals surface area contributed by atoms with Crippen LogP contribution >= 0.6 is 0 Å². The van der Waals surface area contributed by atoms with E-state index >= 15 is 0 Å². The minimum Gasteiger partial charge on any atom is -0.322 e. The van der Waals surface area contributed by atoms with Crippen LogP contribution in [0.5, 0.6) is 0 Å². The van der Waals surface area contributed by atoms with E-state index in [9.17, 15) is 22.0 Å². The highest BCUT2D eigenvalue weighted by atomic mass is 32.2. The summed E-state index contributed by atoms with van der Waals surface area (Å²) in [6.07, 6.45) is 2.70. The van der Waals surface area contributed by atoms with Gasteiger partial charge in [-0.2, -0.15) is 5.10 Å². The maximum absolute atomic E-state index is 13.6. The molecule has 0 aliphatic carbocycles. The molecule has 30 heavy (non-hydrogen) atoms. The molecule has 0 bridgehead atoms. The number of carbonyl (C=O) groups excluding carboxylic acids is 1. The minimum absolute atomic E-state index is 0.0883. The van der Waals surface area contributed by atoms with Gasteiger partial charge in [0.05, 0.1) is 11.9 Å². The highest BCUT2D eigenvalue weighted by Crippen LogP contribution is 2.26. The summed E-state index contributed by atoms with van der Waals surface area (Å²) in [5.74, 6) is -2.92. The van der Waals surface area contributed by atoms with E-state index in [0.29, 0.717) is 9.99 Å². The monoisotopic (exact) mass is 429 g/mol. The fraction of sp³-hybridized carbons (Fsp3) is 0. The van der Waals surface area contributed by atoms with Gasteiger partial charge < -0.3 is 5.32 Å². The van der Waals surface area contributed by atoms with Crippen LogP contribution in [-0.2, 0) is 10.9 Å². The zero-order chi connectivity index (χ0) is 21.3. The third-order valence-corrected chi connectivity index (χ3v) is 4.92. The molecule has 1 N–H and O–H groups in total. The van der Waals surface area contributed by atoms with Gasteiger partial charge in [0.15, 0.2) is 23.1 Å². The second kappa shape index (κ2) is 7.87. The average molecular weight is 429 g/mol.